The van der Waals surface area contributed by atoms with E-state index in [2.05, 4.69) is 40.8 Å². The summed E-state index contributed by atoms with van der Waals surface area (Å²) in [6, 6.07) is 16.1. The number of halogens is 1. The molecule has 20 heavy (non-hydrogen) atoms. The van der Waals surface area contributed by atoms with Crippen LogP contribution in [0.1, 0.15) is 17.5 Å². The quantitative estimate of drug-likeness (QED) is 0.429. The van der Waals surface area contributed by atoms with Gasteiger partial charge in [-0.15, -0.1) is 0 Å². The number of nitriles is 1. The van der Waals surface area contributed by atoms with Gasteiger partial charge in [-0.1, -0.05) is 40.8 Å². The van der Waals surface area contributed by atoms with Crippen molar-refractivity contribution in [3.8, 4) is 22.9 Å². The van der Waals surface area contributed by atoms with Gasteiger partial charge in [-0.25, -0.2) is 0 Å². The normalized spacial score (nSPS) is 10.1. The van der Waals surface area contributed by atoms with Crippen molar-refractivity contribution in [2.24, 2.45) is 0 Å². The molecule has 3 heteroatoms. The first-order valence-electron chi connectivity index (χ1n) is 6.54. The largest absolute Gasteiger partial charge is 0.494 e. The summed E-state index contributed by atoms with van der Waals surface area (Å²) in [5.41, 5.74) is 4.11. The molecule has 0 unspecified atom stereocenters. The van der Waals surface area contributed by atoms with E-state index in [1.54, 1.807) is 0 Å². The Balaban J connectivity index is 2.16. The summed E-state index contributed by atoms with van der Waals surface area (Å²) in [4.78, 5) is 0. The van der Waals surface area contributed by atoms with Gasteiger partial charge in [0.05, 0.1) is 18.2 Å². The molecule has 2 nitrogen and oxygen atoms in total. The van der Waals surface area contributed by atoms with E-state index in [1.165, 1.54) is 0 Å². The number of rotatable bonds is 5. The average molecular weight is 377 g/mol. The second-order valence-electron chi connectivity index (χ2n) is 4.56. The Morgan fingerprint density at radius 1 is 1.15 bits per heavy atom. The van der Waals surface area contributed by atoms with Gasteiger partial charge in [-0.05, 0) is 54.3 Å². The highest BCUT2D eigenvalue weighted by atomic mass is 127. The Morgan fingerprint density at radius 2 is 1.90 bits per heavy atom. The van der Waals surface area contributed by atoms with Crippen LogP contribution < -0.4 is 4.74 Å². The van der Waals surface area contributed by atoms with Gasteiger partial charge in [0.25, 0.3) is 0 Å². The van der Waals surface area contributed by atoms with Crippen LogP contribution in [0.25, 0.3) is 11.1 Å². The zero-order valence-electron chi connectivity index (χ0n) is 11.4. The van der Waals surface area contributed by atoms with Gasteiger partial charge in [-0.3, -0.25) is 0 Å². The number of hydrogen-bond acceptors (Lipinski definition) is 2. The summed E-state index contributed by atoms with van der Waals surface area (Å²) in [5, 5.41) is 8.90. The maximum atomic E-state index is 8.90. The predicted octanol–water partition coefficient (Wildman–Crippen LogP) is 4.74. The average Bonchev–Trinajstić information content (AvgIpc) is 2.48. The molecule has 2 aromatic rings. The maximum Gasteiger partial charge on any atom is 0.119 e. The van der Waals surface area contributed by atoms with Crippen LogP contribution in [0.5, 0.6) is 5.75 Å². The van der Waals surface area contributed by atoms with Gasteiger partial charge < -0.3 is 4.74 Å². The van der Waals surface area contributed by atoms with Crippen molar-refractivity contribution in [3.63, 3.8) is 0 Å². The van der Waals surface area contributed by atoms with Crippen LogP contribution in [0.15, 0.2) is 42.5 Å². The third-order valence-corrected chi connectivity index (χ3v) is 3.83. The van der Waals surface area contributed by atoms with E-state index in [0.29, 0.717) is 5.56 Å². The van der Waals surface area contributed by atoms with Crippen LogP contribution in [-0.2, 0) is 0 Å². The van der Waals surface area contributed by atoms with Crippen LogP contribution in [0, 0.1) is 18.3 Å². The molecule has 0 N–H and O–H groups in total. The lowest BCUT2D eigenvalue weighted by atomic mass is 9.99. The topological polar surface area (TPSA) is 33.0 Å². The van der Waals surface area contributed by atoms with Crippen molar-refractivity contribution in [2.75, 3.05) is 11.0 Å². The van der Waals surface area contributed by atoms with Crippen molar-refractivity contribution in [1.82, 2.24) is 0 Å². The summed E-state index contributed by atoms with van der Waals surface area (Å²) < 4.78 is 6.77. The van der Waals surface area contributed by atoms with Crippen LogP contribution in [0.3, 0.4) is 0 Å². The number of ether oxygens (including phenoxy) is 1. The lowest BCUT2D eigenvalue weighted by molar-refractivity contribution is 0.319. The van der Waals surface area contributed by atoms with Gasteiger partial charge in [0, 0.05) is 4.43 Å². The Kier molecular flexibility index (Phi) is 5.42. The van der Waals surface area contributed by atoms with Crippen LogP contribution in [0.2, 0.25) is 0 Å². The fraction of sp³-hybridized carbons (Fsp3) is 0.235. The molecule has 0 aromatic heterocycles. The Morgan fingerprint density at radius 3 is 2.50 bits per heavy atom. The van der Waals surface area contributed by atoms with Crippen LogP contribution >= 0.6 is 22.6 Å². The zero-order chi connectivity index (χ0) is 14.4. The summed E-state index contributed by atoms with van der Waals surface area (Å²) in [7, 11) is 0. The Labute approximate surface area is 133 Å². The lowest BCUT2D eigenvalue weighted by Gasteiger charge is -2.09. The molecule has 102 valence electrons. The number of benzene rings is 2. The van der Waals surface area contributed by atoms with E-state index >= 15 is 0 Å². The van der Waals surface area contributed by atoms with Gasteiger partial charge in [0.2, 0.25) is 0 Å². The van der Waals surface area contributed by atoms with E-state index < -0.39 is 0 Å². The van der Waals surface area contributed by atoms with E-state index in [4.69, 9.17) is 10.00 Å². The third kappa shape index (κ3) is 3.73. The summed E-state index contributed by atoms with van der Waals surface area (Å²) in [5.74, 6) is 0.907. The molecule has 0 atom stereocenters. The fourth-order valence-corrected chi connectivity index (χ4v) is 2.34. The third-order valence-electron chi connectivity index (χ3n) is 3.07. The van der Waals surface area contributed by atoms with Crippen molar-refractivity contribution in [1.29, 1.82) is 5.26 Å². The first-order valence-corrected chi connectivity index (χ1v) is 8.07. The number of hydrogen-bond donors (Lipinski definition) is 0. The maximum absolute atomic E-state index is 8.90. The standard InChI is InChI=1S/C17H16INO/c1-13-11-14(12-19)3-8-17(13)15-4-6-16(7-5-15)20-10-2-9-18/h3-8,11H,2,9-10H2,1H3. The molecule has 0 saturated carbocycles. The van der Waals surface area contributed by atoms with Crippen molar-refractivity contribution in [2.45, 2.75) is 13.3 Å². The first kappa shape index (κ1) is 14.9. The molecule has 0 saturated heterocycles. The van der Waals surface area contributed by atoms with E-state index in [9.17, 15) is 0 Å². The minimum atomic E-state index is 0.699. The molecule has 0 aliphatic rings. The van der Waals surface area contributed by atoms with Crippen molar-refractivity contribution >= 4 is 22.6 Å². The lowest BCUT2D eigenvalue weighted by Crippen LogP contribution is -1.97. The fourth-order valence-electron chi connectivity index (χ4n) is 2.03. The van der Waals surface area contributed by atoms with Gasteiger partial charge in [0.1, 0.15) is 5.75 Å². The molecular formula is C17H16INO. The molecule has 2 rings (SSSR count). The van der Waals surface area contributed by atoms with Gasteiger partial charge >= 0.3 is 0 Å². The number of nitrogens with zero attached hydrogens (tertiary/aromatic N) is 1. The molecule has 0 bridgehead atoms. The SMILES string of the molecule is Cc1cc(C#N)ccc1-c1ccc(OCCCI)cc1. The molecule has 0 radical (unpaired) electrons. The van der Waals surface area contributed by atoms with Crippen molar-refractivity contribution < 1.29 is 4.74 Å². The van der Waals surface area contributed by atoms with E-state index in [-0.39, 0.29) is 0 Å². The highest BCUT2D eigenvalue weighted by Gasteiger charge is 2.03. The van der Waals surface area contributed by atoms with Gasteiger partial charge in [0.15, 0.2) is 0 Å². The van der Waals surface area contributed by atoms with Crippen molar-refractivity contribution in [3.05, 3.63) is 53.6 Å². The molecule has 0 spiro atoms. The Bertz CT molecular complexity index is 614. The molecule has 2 aromatic carbocycles. The first-order chi connectivity index (χ1) is 9.74. The summed E-state index contributed by atoms with van der Waals surface area (Å²) >= 11 is 2.35. The van der Waals surface area contributed by atoms with Crippen LogP contribution in [0.4, 0.5) is 0 Å². The van der Waals surface area contributed by atoms with Gasteiger partial charge in [-0.2, -0.15) is 5.26 Å². The second kappa shape index (κ2) is 7.30. The second-order valence-corrected chi connectivity index (χ2v) is 5.64. The summed E-state index contributed by atoms with van der Waals surface area (Å²) in [6.45, 7) is 2.79. The molecule has 0 aliphatic heterocycles. The highest BCUT2D eigenvalue weighted by Crippen LogP contribution is 2.26. The minimum absolute atomic E-state index is 0.699. The number of alkyl halides is 1. The van der Waals surface area contributed by atoms with E-state index in [0.717, 1.165) is 39.9 Å². The molecule has 0 aliphatic carbocycles. The molecule has 0 amide bonds. The predicted molar refractivity (Wildman–Crippen MR) is 90.3 cm³/mol. The molecule has 0 fully saturated rings. The molecule has 0 heterocycles. The monoisotopic (exact) mass is 377 g/mol. The Hall–Kier alpha value is -1.54. The summed E-state index contributed by atoms with van der Waals surface area (Å²) in [6.07, 6.45) is 1.07. The smallest absolute Gasteiger partial charge is 0.119 e. The van der Waals surface area contributed by atoms with E-state index in [1.807, 2.05) is 37.3 Å². The molecular weight excluding hydrogens is 361 g/mol. The minimum Gasteiger partial charge on any atom is -0.494 e. The number of aryl methyl sites for hydroxylation is 1. The van der Waals surface area contributed by atoms with Crippen LogP contribution in [-0.4, -0.2) is 11.0 Å². The highest BCUT2D eigenvalue weighted by molar-refractivity contribution is 14.1. The zero-order valence-corrected chi connectivity index (χ0v) is 13.6.